The van der Waals surface area contributed by atoms with E-state index in [0.29, 0.717) is 22.4 Å². The van der Waals surface area contributed by atoms with Gasteiger partial charge in [0.15, 0.2) is 10.6 Å². The van der Waals surface area contributed by atoms with E-state index in [1.165, 1.54) is 0 Å². The van der Waals surface area contributed by atoms with Crippen molar-refractivity contribution in [3.8, 4) is 5.75 Å². The van der Waals surface area contributed by atoms with Gasteiger partial charge in [-0.3, -0.25) is 9.67 Å². The van der Waals surface area contributed by atoms with E-state index in [4.69, 9.17) is 28.6 Å². The summed E-state index contributed by atoms with van der Waals surface area (Å²) in [5, 5.41) is 7.71. The number of ether oxygens (including phenoxy) is 1. The maximum absolute atomic E-state index is 5.83. The van der Waals surface area contributed by atoms with Gasteiger partial charge in [0.1, 0.15) is 12.4 Å². The Bertz CT molecular complexity index is 591. The van der Waals surface area contributed by atoms with Gasteiger partial charge in [-0.05, 0) is 49.8 Å². The zero-order valence-corrected chi connectivity index (χ0v) is 12.5. The van der Waals surface area contributed by atoms with E-state index >= 15 is 0 Å². The highest BCUT2D eigenvalue weighted by Crippen LogP contribution is 2.18. The number of nitrogens with zero attached hydrogens (tertiary/aromatic N) is 2. The number of hydrogen-bond acceptors (Lipinski definition) is 3. The fraction of sp³-hybridized carbons (Fsp3) is 0.385. The lowest BCUT2D eigenvalue weighted by Gasteiger charge is -2.13. The first kappa shape index (κ1) is 14.1. The molecule has 19 heavy (non-hydrogen) atoms. The molecule has 0 spiro atoms. The van der Waals surface area contributed by atoms with E-state index in [1.807, 2.05) is 16.7 Å². The van der Waals surface area contributed by atoms with Crippen LogP contribution in [0, 0.1) is 4.77 Å². The molecule has 0 radical (unpaired) electrons. The first-order valence-corrected chi connectivity index (χ1v) is 6.94. The predicted octanol–water partition coefficient (Wildman–Crippen LogP) is 4.14. The minimum Gasteiger partial charge on any atom is -0.486 e. The molecule has 4 nitrogen and oxygen atoms in total. The van der Waals surface area contributed by atoms with Crippen LogP contribution in [0.2, 0.25) is 5.02 Å². The van der Waals surface area contributed by atoms with Gasteiger partial charge in [0.05, 0.1) is 0 Å². The maximum Gasteiger partial charge on any atom is 0.195 e. The summed E-state index contributed by atoms with van der Waals surface area (Å²) in [7, 11) is 0. The lowest BCUT2D eigenvalue weighted by molar-refractivity contribution is 0.284. The van der Waals surface area contributed by atoms with Gasteiger partial charge >= 0.3 is 0 Å². The number of H-pyrrole nitrogens is 1. The van der Waals surface area contributed by atoms with Gasteiger partial charge < -0.3 is 4.74 Å². The smallest absolute Gasteiger partial charge is 0.195 e. The molecule has 0 aliphatic carbocycles. The Kier molecular flexibility index (Phi) is 4.61. The lowest BCUT2D eigenvalue weighted by Crippen LogP contribution is -2.11. The topological polar surface area (TPSA) is 42.8 Å². The second-order valence-electron chi connectivity index (χ2n) is 4.31. The van der Waals surface area contributed by atoms with Crippen LogP contribution in [-0.4, -0.2) is 14.8 Å². The molecule has 0 aliphatic heterocycles. The third-order valence-electron chi connectivity index (χ3n) is 2.99. The fourth-order valence-corrected chi connectivity index (χ4v) is 2.21. The van der Waals surface area contributed by atoms with Crippen molar-refractivity contribution in [3.63, 3.8) is 0 Å². The number of aromatic nitrogens is 3. The fourth-order valence-electron chi connectivity index (χ4n) is 1.75. The van der Waals surface area contributed by atoms with Crippen LogP contribution in [0.1, 0.15) is 32.1 Å². The second kappa shape index (κ2) is 6.21. The summed E-state index contributed by atoms with van der Waals surface area (Å²) < 4.78 is 8.31. The highest BCUT2D eigenvalue weighted by molar-refractivity contribution is 7.71. The van der Waals surface area contributed by atoms with Crippen LogP contribution >= 0.6 is 23.8 Å². The van der Waals surface area contributed by atoms with Gasteiger partial charge in [0.2, 0.25) is 0 Å². The predicted molar refractivity (Wildman–Crippen MR) is 78.2 cm³/mol. The van der Waals surface area contributed by atoms with E-state index in [9.17, 15) is 0 Å². The Hall–Kier alpha value is -1.33. The van der Waals surface area contributed by atoms with Gasteiger partial charge in [0, 0.05) is 11.1 Å². The Labute approximate surface area is 122 Å². The van der Waals surface area contributed by atoms with Crippen molar-refractivity contribution in [2.45, 2.75) is 32.9 Å². The van der Waals surface area contributed by atoms with Crippen LogP contribution < -0.4 is 4.74 Å². The molecule has 0 fully saturated rings. The van der Waals surface area contributed by atoms with Crippen LogP contribution in [0.5, 0.6) is 5.75 Å². The minimum atomic E-state index is 0.301. The van der Waals surface area contributed by atoms with E-state index in [-0.39, 0.29) is 0 Å². The van der Waals surface area contributed by atoms with Crippen LogP contribution in [0.4, 0.5) is 0 Å². The van der Waals surface area contributed by atoms with Gasteiger partial charge in [-0.15, -0.1) is 0 Å². The Morgan fingerprint density at radius 2 is 2.11 bits per heavy atom. The number of halogens is 1. The van der Waals surface area contributed by atoms with E-state index in [0.717, 1.165) is 18.0 Å². The molecular formula is C13H16ClN3OS. The third kappa shape index (κ3) is 3.36. The number of nitrogens with one attached hydrogen (secondary N) is 1. The average Bonchev–Trinajstić information content (AvgIpc) is 2.78. The average molecular weight is 298 g/mol. The molecule has 1 N–H and O–H groups in total. The molecule has 0 bridgehead atoms. The minimum absolute atomic E-state index is 0.301. The molecule has 0 unspecified atom stereocenters. The number of hydrogen-bond donors (Lipinski definition) is 1. The van der Waals surface area contributed by atoms with Crippen molar-refractivity contribution in [1.82, 2.24) is 14.8 Å². The second-order valence-corrected chi connectivity index (χ2v) is 5.14. The Balaban J connectivity index is 2.11. The van der Waals surface area contributed by atoms with E-state index in [2.05, 4.69) is 24.0 Å². The molecule has 0 saturated carbocycles. The van der Waals surface area contributed by atoms with Gasteiger partial charge in [-0.1, -0.05) is 18.5 Å². The standard InChI is InChI=1S/C13H16ClN3OS/c1-3-9(2)17-12(15-16-13(17)19)8-18-11-6-4-10(14)5-7-11/h4-7,9H,3,8H2,1-2H3,(H,16,19)/t9-/m1/s1. The van der Waals surface area contributed by atoms with Gasteiger partial charge in [-0.25, -0.2) is 0 Å². The number of aromatic amines is 1. The van der Waals surface area contributed by atoms with Crippen LogP contribution in [0.25, 0.3) is 0 Å². The van der Waals surface area contributed by atoms with Crippen molar-refractivity contribution in [2.75, 3.05) is 0 Å². The summed E-state index contributed by atoms with van der Waals surface area (Å²) in [6, 6.07) is 7.55. The number of benzene rings is 1. The molecule has 2 aromatic rings. The largest absolute Gasteiger partial charge is 0.486 e. The van der Waals surface area contributed by atoms with E-state index in [1.54, 1.807) is 12.1 Å². The molecule has 0 saturated heterocycles. The Morgan fingerprint density at radius 1 is 1.42 bits per heavy atom. The van der Waals surface area contributed by atoms with Gasteiger partial charge in [0.25, 0.3) is 0 Å². The quantitative estimate of drug-likeness (QED) is 0.843. The van der Waals surface area contributed by atoms with E-state index < -0.39 is 0 Å². The molecule has 102 valence electrons. The SMILES string of the molecule is CC[C@@H](C)n1c(COc2ccc(Cl)cc2)n[nH]c1=S. The maximum atomic E-state index is 5.83. The van der Waals surface area contributed by atoms with Gasteiger partial charge in [-0.2, -0.15) is 5.10 Å². The summed E-state index contributed by atoms with van der Waals surface area (Å²) >= 11 is 11.1. The first-order valence-electron chi connectivity index (χ1n) is 6.16. The highest BCUT2D eigenvalue weighted by atomic mass is 35.5. The van der Waals surface area contributed by atoms with Crippen molar-refractivity contribution < 1.29 is 4.74 Å². The number of rotatable bonds is 5. The molecule has 6 heteroatoms. The first-order chi connectivity index (χ1) is 9.11. The summed E-state index contributed by atoms with van der Waals surface area (Å²) in [4.78, 5) is 0. The Morgan fingerprint density at radius 3 is 2.74 bits per heavy atom. The monoisotopic (exact) mass is 297 g/mol. The summed E-state index contributed by atoms with van der Waals surface area (Å²) in [5.41, 5.74) is 0. The zero-order valence-electron chi connectivity index (χ0n) is 10.9. The summed E-state index contributed by atoms with van der Waals surface area (Å²) in [6.07, 6.45) is 0.988. The van der Waals surface area contributed by atoms with Crippen LogP contribution in [-0.2, 0) is 6.61 Å². The van der Waals surface area contributed by atoms with Crippen LogP contribution in [0.3, 0.4) is 0 Å². The van der Waals surface area contributed by atoms with Crippen molar-refractivity contribution in [3.05, 3.63) is 39.9 Å². The summed E-state index contributed by atoms with van der Waals surface area (Å²) in [6.45, 7) is 4.60. The zero-order chi connectivity index (χ0) is 13.8. The third-order valence-corrected chi connectivity index (χ3v) is 3.53. The molecule has 1 atom stereocenters. The van der Waals surface area contributed by atoms with Crippen molar-refractivity contribution in [1.29, 1.82) is 0 Å². The molecule has 0 amide bonds. The molecular weight excluding hydrogens is 282 g/mol. The molecule has 2 rings (SSSR count). The molecule has 0 aliphatic rings. The van der Waals surface area contributed by atoms with Crippen molar-refractivity contribution >= 4 is 23.8 Å². The lowest BCUT2D eigenvalue weighted by atomic mass is 10.2. The normalized spacial score (nSPS) is 12.4. The van der Waals surface area contributed by atoms with Crippen molar-refractivity contribution in [2.24, 2.45) is 0 Å². The molecule has 1 aromatic carbocycles. The highest BCUT2D eigenvalue weighted by Gasteiger charge is 2.11. The van der Waals surface area contributed by atoms with Crippen LogP contribution in [0.15, 0.2) is 24.3 Å². The summed E-state index contributed by atoms with van der Waals surface area (Å²) in [5.74, 6) is 1.56. The molecule has 1 aromatic heterocycles. The molecule has 1 heterocycles.